The highest BCUT2D eigenvalue weighted by Crippen LogP contribution is 2.12. The lowest BCUT2D eigenvalue weighted by atomic mass is 10.2. The third-order valence-electron chi connectivity index (χ3n) is 1.26. The van der Waals surface area contributed by atoms with Crippen LogP contribution in [0.15, 0.2) is 24.1 Å². The van der Waals surface area contributed by atoms with Crippen molar-refractivity contribution >= 4 is 0 Å². The first-order valence-electron chi connectivity index (χ1n) is 3.26. The number of hydrogen-bond acceptors (Lipinski definition) is 0. The van der Waals surface area contributed by atoms with Crippen molar-refractivity contribution in [2.24, 2.45) is 0 Å². The van der Waals surface area contributed by atoms with E-state index in [4.69, 9.17) is 0 Å². The predicted octanol–water partition coefficient (Wildman–Crippen LogP) is 3.17. The first-order valence-corrected chi connectivity index (χ1v) is 3.26. The Morgan fingerprint density at radius 2 is 2.20 bits per heavy atom. The van der Waals surface area contributed by atoms with E-state index in [0.717, 1.165) is 0 Å². The Kier molecular flexibility index (Phi) is 4.81. The lowest BCUT2D eigenvalue weighted by molar-refractivity contribution is 0.451. The Hall–Kier alpha value is -0.660. The van der Waals surface area contributed by atoms with Gasteiger partial charge in [0.25, 0.3) is 0 Å². The summed E-state index contributed by atoms with van der Waals surface area (Å²) in [6.07, 6.45) is 1.89. The van der Waals surface area contributed by atoms with Gasteiger partial charge in [0.1, 0.15) is 5.83 Å². The van der Waals surface area contributed by atoms with Crippen molar-refractivity contribution in [1.82, 2.24) is 0 Å². The molecule has 0 radical (unpaired) electrons. The maximum absolute atomic E-state index is 12.6. The molecule has 2 heteroatoms. The third-order valence-corrected chi connectivity index (χ3v) is 1.26. The number of alkyl halides is 1. The Morgan fingerprint density at radius 1 is 1.60 bits per heavy atom. The van der Waals surface area contributed by atoms with Crippen LogP contribution in [0.5, 0.6) is 0 Å². The highest BCUT2D eigenvalue weighted by Gasteiger charge is 1.97. The van der Waals surface area contributed by atoms with Crippen molar-refractivity contribution in [3.05, 3.63) is 24.1 Å². The van der Waals surface area contributed by atoms with Crippen molar-refractivity contribution < 1.29 is 8.78 Å². The van der Waals surface area contributed by atoms with E-state index >= 15 is 0 Å². The molecule has 0 saturated heterocycles. The summed E-state index contributed by atoms with van der Waals surface area (Å²) in [5, 5.41) is 0. The van der Waals surface area contributed by atoms with Gasteiger partial charge in [-0.3, -0.25) is 4.39 Å². The van der Waals surface area contributed by atoms with Crippen LogP contribution in [0.2, 0.25) is 0 Å². The summed E-state index contributed by atoms with van der Waals surface area (Å²) in [5.74, 6) is -0.257. The normalized spacial score (nSPS) is 12.7. The van der Waals surface area contributed by atoms with Crippen LogP contribution in [0.1, 0.15) is 19.8 Å². The van der Waals surface area contributed by atoms with E-state index in [1.54, 1.807) is 6.92 Å². The second-order valence-electron chi connectivity index (χ2n) is 2.08. The zero-order valence-electron chi connectivity index (χ0n) is 6.16. The highest BCUT2D eigenvalue weighted by atomic mass is 19.1. The second kappa shape index (κ2) is 5.15. The minimum atomic E-state index is -0.460. The molecule has 58 valence electrons. The summed E-state index contributed by atoms with van der Waals surface area (Å²) >= 11 is 0. The van der Waals surface area contributed by atoms with Gasteiger partial charge in [0.05, 0.1) is 6.67 Å². The van der Waals surface area contributed by atoms with Crippen LogP contribution in [0.25, 0.3) is 0 Å². The van der Waals surface area contributed by atoms with Crippen molar-refractivity contribution in [3.63, 3.8) is 0 Å². The average molecular weight is 146 g/mol. The third kappa shape index (κ3) is 3.38. The second-order valence-corrected chi connectivity index (χ2v) is 2.08. The summed E-state index contributed by atoms with van der Waals surface area (Å²) in [5.41, 5.74) is 0.508. The first-order chi connectivity index (χ1) is 4.72. The van der Waals surface area contributed by atoms with Gasteiger partial charge in [-0.25, -0.2) is 4.39 Å². The van der Waals surface area contributed by atoms with Crippen molar-refractivity contribution in [1.29, 1.82) is 0 Å². The maximum atomic E-state index is 12.6. The van der Waals surface area contributed by atoms with Crippen LogP contribution in [0.3, 0.4) is 0 Å². The highest BCUT2D eigenvalue weighted by molar-refractivity contribution is 5.16. The molecule has 0 heterocycles. The van der Waals surface area contributed by atoms with Crippen LogP contribution in [-0.2, 0) is 0 Å². The molecule has 0 nitrogen and oxygen atoms in total. The van der Waals surface area contributed by atoms with Gasteiger partial charge in [-0.1, -0.05) is 12.7 Å². The molecule has 0 aliphatic heterocycles. The van der Waals surface area contributed by atoms with E-state index in [9.17, 15) is 8.78 Å². The standard InChI is InChI=1S/C8H12F2/c1-3-7(2)8(10)5-4-6-9/h3H,1,4-6H2,2H3/b8-7+. The van der Waals surface area contributed by atoms with Gasteiger partial charge in [-0.05, 0) is 18.9 Å². The predicted molar refractivity (Wildman–Crippen MR) is 39.2 cm³/mol. The van der Waals surface area contributed by atoms with Gasteiger partial charge in [0, 0.05) is 6.42 Å². The molecule has 0 spiro atoms. The van der Waals surface area contributed by atoms with Gasteiger partial charge in [0.2, 0.25) is 0 Å². The molecule has 0 amide bonds. The molecule has 0 atom stereocenters. The molecule has 10 heavy (non-hydrogen) atoms. The van der Waals surface area contributed by atoms with Crippen molar-refractivity contribution in [3.8, 4) is 0 Å². The number of rotatable bonds is 4. The van der Waals surface area contributed by atoms with Crippen LogP contribution >= 0.6 is 0 Å². The number of halogens is 2. The first kappa shape index (κ1) is 9.34. The molecular weight excluding hydrogens is 134 g/mol. The van der Waals surface area contributed by atoms with Gasteiger partial charge >= 0.3 is 0 Å². The molecule has 0 aliphatic carbocycles. The largest absolute Gasteiger partial charge is 0.251 e. The maximum Gasteiger partial charge on any atom is 0.103 e. The molecule has 0 saturated carbocycles. The molecule has 0 unspecified atom stereocenters. The van der Waals surface area contributed by atoms with E-state index in [-0.39, 0.29) is 18.7 Å². The summed E-state index contributed by atoms with van der Waals surface area (Å²) in [6.45, 7) is 4.56. The Bertz CT molecular complexity index is 136. The molecule has 0 aromatic rings. The van der Waals surface area contributed by atoms with E-state index in [1.807, 2.05) is 0 Å². The molecular formula is C8H12F2. The SMILES string of the molecule is C=C/C(C)=C(/F)CCCF. The topological polar surface area (TPSA) is 0 Å². The van der Waals surface area contributed by atoms with Crippen molar-refractivity contribution in [2.75, 3.05) is 6.67 Å². The molecule has 0 rings (SSSR count). The quantitative estimate of drug-likeness (QED) is 0.534. The van der Waals surface area contributed by atoms with Gasteiger partial charge in [-0.2, -0.15) is 0 Å². The average Bonchev–Trinajstić information content (AvgIpc) is 1.98. The fourth-order valence-electron chi connectivity index (χ4n) is 0.530. The summed E-state index contributed by atoms with van der Waals surface area (Å²) in [4.78, 5) is 0. The van der Waals surface area contributed by atoms with Gasteiger partial charge in [0.15, 0.2) is 0 Å². The fourth-order valence-corrected chi connectivity index (χ4v) is 0.530. The minimum Gasteiger partial charge on any atom is -0.251 e. The molecule has 0 aromatic heterocycles. The molecule has 0 bridgehead atoms. The van der Waals surface area contributed by atoms with Crippen LogP contribution in [0.4, 0.5) is 8.78 Å². The fraction of sp³-hybridized carbons (Fsp3) is 0.500. The zero-order chi connectivity index (χ0) is 7.98. The lowest BCUT2D eigenvalue weighted by Gasteiger charge is -1.96. The summed E-state index contributed by atoms with van der Waals surface area (Å²) in [6, 6.07) is 0. The summed E-state index contributed by atoms with van der Waals surface area (Å²) < 4.78 is 24.1. The molecule has 0 N–H and O–H groups in total. The lowest BCUT2D eigenvalue weighted by Crippen LogP contribution is -1.81. The molecule has 0 aromatic carbocycles. The van der Waals surface area contributed by atoms with Crippen LogP contribution in [0, 0.1) is 0 Å². The molecule has 0 aliphatic rings. The zero-order valence-corrected chi connectivity index (χ0v) is 6.16. The Balaban J connectivity index is 3.79. The Morgan fingerprint density at radius 3 is 2.60 bits per heavy atom. The smallest absolute Gasteiger partial charge is 0.103 e. The Labute approximate surface area is 60.2 Å². The number of allylic oxidation sites excluding steroid dienone is 3. The van der Waals surface area contributed by atoms with E-state index in [0.29, 0.717) is 5.57 Å². The van der Waals surface area contributed by atoms with E-state index in [2.05, 4.69) is 6.58 Å². The summed E-state index contributed by atoms with van der Waals surface area (Å²) in [7, 11) is 0. The van der Waals surface area contributed by atoms with Crippen molar-refractivity contribution in [2.45, 2.75) is 19.8 Å². The van der Waals surface area contributed by atoms with Gasteiger partial charge in [-0.15, -0.1) is 0 Å². The van der Waals surface area contributed by atoms with Gasteiger partial charge < -0.3 is 0 Å². The number of hydrogen-bond donors (Lipinski definition) is 0. The van der Waals surface area contributed by atoms with E-state index in [1.165, 1.54) is 6.08 Å². The monoisotopic (exact) mass is 146 g/mol. The van der Waals surface area contributed by atoms with Crippen LogP contribution in [-0.4, -0.2) is 6.67 Å². The van der Waals surface area contributed by atoms with E-state index < -0.39 is 6.67 Å². The molecule has 0 fully saturated rings. The minimum absolute atomic E-state index is 0.189. The van der Waals surface area contributed by atoms with Crippen LogP contribution < -0.4 is 0 Å².